The van der Waals surface area contributed by atoms with Crippen LogP contribution in [0.4, 0.5) is 13.2 Å². The molecule has 0 fully saturated rings. The van der Waals surface area contributed by atoms with Crippen LogP contribution in [0.15, 0.2) is 11.2 Å². The molecule has 1 N–H and O–H groups in total. The predicted octanol–water partition coefficient (Wildman–Crippen LogP) is 1.15. The van der Waals surface area contributed by atoms with Crippen molar-refractivity contribution in [2.75, 3.05) is 13.6 Å². The first-order valence-electron chi connectivity index (χ1n) is 4.74. The number of imidazole rings is 1. The van der Waals surface area contributed by atoms with Gasteiger partial charge in [0, 0.05) is 13.5 Å². The fraction of sp³-hybridized carbons (Fsp3) is 0.625. The highest BCUT2D eigenvalue weighted by Gasteiger charge is 2.35. The Hall–Kier alpha value is -1.09. The number of hydrogen-bond donors (Lipinski definition) is 1. The van der Waals surface area contributed by atoms with Gasteiger partial charge in [0.15, 0.2) is 5.03 Å². The predicted molar refractivity (Wildman–Crippen MR) is 53.8 cm³/mol. The molecule has 17 heavy (non-hydrogen) atoms. The molecule has 0 saturated heterocycles. The van der Waals surface area contributed by atoms with Crippen LogP contribution in [0.25, 0.3) is 0 Å². The molecule has 0 aliphatic carbocycles. The maximum absolute atomic E-state index is 12.1. The maximum atomic E-state index is 12.1. The Morgan fingerprint density at radius 2 is 2.06 bits per heavy atom. The van der Waals surface area contributed by atoms with Crippen molar-refractivity contribution in [2.24, 2.45) is 0 Å². The van der Waals surface area contributed by atoms with E-state index in [0.29, 0.717) is 12.2 Å². The van der Waals surface area contributed by atoms with E-state index in [4.69, 9.17) is 0 Å². The summed E-state index contributed by atoms with van der Waals surface area (Å²) in [7, 11) is -3.30. The highest BCUT2D eigenvalue weighted by atomic mass is 32.2. The number of nitrogens with zero attached hydrogens (tertiary/aromatic N) is 2. The van der Waals surface area contributed by atoms with Gasteiger partial charge in [0.25, 0.3) is 10.0 Å². The van der Waals surface area contributed by atoms with Gasteiger partial charge in [-0.1, -0.05) is 6.92 Å². The Morgan fingerprint density at radius 1 is 1.47 bits per heavy atom. The molecular weight excluding hydrogens is 259 g/mol. The summed E-state index contributed by atoms with van der Waals surface area (Å²) in [5.74, 6) is 0.406. The van der Waals surface area contributed by atoms with E-state index in [-0.39, 0.29) is 9.33 Å². The van der Waals surface area contributed by atoms with Gasteiger partial charge in [-0.2, -0.15) is 17.5 Å². The zero-order valence-electron chi connectivity index (χ0n) is 9.24. The van der Waals surface area contributed by atoms with Gasteiger partial charge in [0.05, 0.1) is 6.20 Å². The van der Waals surface area contributed by atoms with Crippen molar-refractivity contribution in [1.29, 1.82) is 0 Å². The summed E-state index contributed by atoms with van der Waals surface area (Å²) in [4.78, 5) is 6.20. The summed E-state index contributed by atoms with van der Waals surface area (Å²) >= 11 is 0. The molecule has 0 aliphatic rings. The highest BCUT2D eigenvalue weighted by molar-refractivity contribution is 7.89. The van der Waals surface area contributed by atoms with Crippen LogP contribution in [-0.2, 0) is 16.4 Å². The molecule has 0 spiro atoms. The Labute approximate surface area is 96.7 Å². The van der Waals surface area contributed by atoms with Crippen molar-refractivity contribution in [1.82, 2.24) is 14.3 Å². The lowest BCUT2D eigenvalue weighted by atomic mass is 10.5. The topological polar surface area (TPSA) is 66.1 Å². The fourth-order valence-corrected chi connectivity index (χ4v) is 2.24. The Kier molecular flexibility index (Phi) is 3.82. The van der Waals surface area contributed by atoms with E-state index in [1.54, 1.807) is 6.92 Å². The van der Waals surface area contributed by atoms with Crippen molar-refractivity contribution in [3.05, 3.63) is 12.0 Å². The molecule has 98 valence electrons. The Balaban J connectivity index is 2.95. The van der Waals surface area contributed by atoms with Crippen LogP contribution < -0.4 is 0 Å². The zero-order chi connectivity index (χ0) is 13.3. The summed E-state index contributed by atoms with van der Waals surface area (Å²) in [6.45, 7) is 0.213. The average molecular weight is 271 g/mol. The molecular formula is C8H12F3N3O2S. The molecule has 0 unspecified atom stereocenters. The van der Waals surface area contributed by atoms with Crippen LogP contribution in [0.3, 0.4) is 0 Å². The van der Waals surface area contributed by atoms with Crippen LogP contribution >= 0.6 is 0 Å². The van der Waals surface area contributed by atoms with E-state index >= 15 is 0 Å². The Morgan fingerprint density at radius 3 is 2.47 bits per heavy atom. The second-order valence-electron chi connectivity index (χ2n) is 3.42. The number of halogens is 3. The second-order valence-corrected chi connectivity index (χ2v) is 5.44. The lowest BCUT2D eigenvalue weighted by molar-refractivity contribution is -0.134. The molecule has 1 aromatic heterocycles. The molecule has 1 rings (SSSR count). The molecule has 0 radical (unpaired) electrons. The first-order valence-corrected chi connectivity index (χ1v) is 6.18. The smallest absolute Gasteiger partial charge is 0.332 e. The van der Waals surface area contributed by atoms with Gasteiger partial charge in [-0.05, 0) is 0 Å². The van der Waals surface area contributed by atoms with E-state index in [1.165, 1.54) is 0 Å². The number of rotatable bonds is 4. The minimum Gasteiger partial charge on any atom is -0.332 e. The largest absolute Gasteiger partial charge is 0.402 e. The lowest BCUT2D eigenvalue weighted by Crippen LogP contribution is -2.36. The normalized spacial score (nSPS) is 13.3. The Bertz CT molecular complexity index is 480. The van der Waals surface area contributed by atoms with Crippen LogP contribution in [0.1, 0.15) is 12.7 Å². The molecule has 1 aromatic rings. The number of aryl methyl sites for hydroxylation is 1. The molecule has 5 nitrogen and oxygen atoms in total. The molecule has 0 aromatic carbocycles. The van der Waals surface area contributed by atoms with Gasteiger partial charge in [-0.25, -0.2) is 13.4 Å². The van der Waals surface area contributed by atoms with Gasteiger partial charge in [-0.15, -0.1) is 0 Å². The van der Waals surface area contributed by atoms with Crippen LogP contribution in [0.5, 0.6) is 0 Å². The number of H-pyrrole nitrogens is 1. The van der Waals surface area contributed by atoms with Crippen LogP contribution in [-0.4, -0.2) is 42.5 Å². The van der Waals surface area contributed by atoms with E-state index in [0.717, 1.165) is 13.2 Å². The standard InChI is InChI=1S/C8H12F3N3O2S/c1-3-6-12-4-7(13-6)17(15,16)14(2)5-8(9,10)11/h4H,3,5H2,1-2H3,(H,12,13). The molecule has 9 heteroatoms. The van der Waals surface area contributed by atoms with E-state index < -0.39 is 22.7 Å². The lowest BCUT2D eigenvalue weighted by Gasteiger charge is -2.17. The minimum absolute atomic E-state index is 0.236. The molecule has 0 aliphatic heterocycles. The van der Waals surface area contributed by atoms with Crippen molar-refractivity contribution >= 4 is 10.0 Å². The molecule has 1 heterocycles. The summed E-state index contributed by atoms with van der Waals surface area (Å²) < 4.78 is 59.9. The number of nitrogens with one attached hydrogen (secondary N) is 1. The number of sulfonamides is 1. The third-order valence-corrected chi connectivity index (χ3v) is 3.74. The van der Waals surface area contributed by atoms with Crippen molar-refractivity contribution in [3.8, 4) is 0 Å². The number of aromatic amines is 1. The molecule has 0 amide bonds. The molecule has 0 atom stereocenters. The summed E-state index contributed by atoms with van der Waals surface area (Å²) in [5.41, 5.74) is 0. The monoisotopic (exact) mass is 271 g/mol. The first-order chi connectivity index (χ1) is 7.66. The fourth-order valence-electron chi connectivity index (χ4n) is 1.16. The minimum atomic E-state index is -4.57. The van der Waals surface area contributed by atoms with E-state index in [9.17, 15) is 21.6 Å². The van der Waals surface area contributed by atoms with Crippen LogP contribution in [0, 0.1) is 0 Å². The third-order valence-electron chi connectivity index (χ3n) is 2.03. The van der Waals surface area contributed by atoms with Crippen molar-refractivity contribution in [3.63, 3.8) is 0 Å². The quantitative estimate of drug-likeness (QED) is 0.893. The van der Waals surface area contributed by atoms with E-state index in [2.05, 4.69) is 9.97 Å². The maximum Gasteiger partial charge on any atom is 0.402 e. The van der Waals surface area contributed by atoms with Crippen molar-refractivity contribution < 1.29 is 21.6 Å². The summed E-state index contributed by atoms with van der Waals surface area (Å²) in [6.07, 6.45) is -3.09. The van der Waals surface area contributed by atoms with Gasteiger partial charge < -0.3 is 4.98 Å². The van der Waals surface area contributed by atoms with E-state index in [1.807, 2.05) is 0 Å². The molecule has 0 saturated carbocycles. The second kappa shape index (κ2) is 4.65. The summed E-state index contributed by atoms with van der Waals surface area (Å²) in [6, 6.07) is 0. The number of hydrogen-bond acceptors (Lipinski definition) is 3. The SMILES string of the molecule is CCc1ncc(S(=O)(=O)N(C)CC(F)(F)F)[nH]1. The van der Waals surface area contributed by atoms with Gasteiger partial charge in [0.1, 0.15) is 12.4 Å². The van der Waals surface area contributed by atoms with Gasteiger partial charge in [-0.3, -0.25) is 0 Å². The van der Waals surface area contributed by atoms with Gasteiger partial charge in [0.2, 0.25) is 0 Å². The summed E-state index contributed by atoms with van der Waals surface area (Å²) in [5, 5.41) is -0.332. The van der Waals surface area contributed by atoms with Crippen LogP contribution in [0.2, 0.25) is 0 Å². The third kappa shape index (κ3) is 3.43. The van der Waals surface area contributed by atoms with Gasteiger partial charge >= 0.3 is 6.18 Å². The van der Waals surface area contributed by atoms with Crippen molar-refractivity contribution in [2.45, 2.75) is 24.5 Å². The average Bonchev–Trinajstić information content (AvgIpc) is 2.63. The number of aromatic nitrogens is 2. The number of alkyl halides is 3. The zero-order valence-corrected chi connectivity index (χ0v) is 10.1. The molecule has 0 bridgehead atoms. The highest BCUT2D eigenvalue weighted by Crippen LogP contribution is 2.20. The first kappa shape index (κ1) is 14.0.